The number of rotatable bonds is 4. The van der Waals surface area contributed by atoms with Crippen molar-refractivity contribution in [2.24, 2.45) is 0 Å². The Balaban J connectivity index is 3.15. The smallest absolute Gasteiger partial charge is 0.311 e. The first-order valence-electron chi connectivity index (χ1n) is 4.68. The van der Waals surface area contributed by atoms with Crippen molar-refractivity contribution >= 4 is 23.4 Å². The molecule has 17 heavy (non-hydrogen) atoms. The van der Waals surface area contributed by atoms with Crippen molar-refractivity contribution in [2.45, 2.75) is 18.7 Å². The highest BCUT2D eigenvalue weighted by Crippen LogP contribution is 2.28. The molecule has 0 saturated heterocycles. The van der Waals surface area contributed by atoms with Crippen LogP contribution in [0.1, 0.15) is 23.2 Å². The second kappa shape index (κ2) is 5.77. The van der Waals surface area contributed by atoms with E-state index in [2.05, 4.69) is 9.72 Å². The van der Waals surface area contributed by atoms with Crippen molar-refractivity contribution in [2.75, 3.05) is 12.8 Å². The number of halogens is 3. The third-order valence-electron chi connectivity index (χ3n) is 2.17. The largest absolute Gasteiger partial charge is 0.469 e. The molecule has 1 rings (SSSR count). The van der Waals surface area contributed by atoms with Gasteiger partial charge in [0.05, 0.1) is 25.1 Å². The molecule has 0 amide bonds. The number of carbonyl (C=O) groups is 1. The molecule has 0 unspecified atom stereocenters. The molecule has 0 aliphatic heterocycles. The zero-order chi connectivity index (χ0) is 13.0. The molecule has 0 atom stereocenters. The van der Waals surface area contributed by atoms with Gasteiger partial charge in [0.25, 0.3) is 6.43 Å². The Morgan fingerprint density at radius 2 is 2.29 bits per heavy atom. The molecule has 0 aromatic carbocycles. The summed E-state index contributed by atoms with van der Waals surface area (Å²) >= 11 is 5.52. The fourth-order valence-electron chi connectivity index (χ4n) is 1.32. The molecular formula is C10H11ClF2N2O2. The van der Waals surface area contributed by atoms with Gasteiger partial charge in [-0.05, 0) is 6.07 Å². The number of carbonyl (C=O) groups excluding carboxylic acids is 1. The maximum Gasteiger partial charge on any atom is 0.311 e. The number of pyridine rings is 1. The molecule has 1 aromatic heterocycles. The molecule has 2 N–H and O–H groups in total. The highest BCUT2D eigenvalue weighted by molar-refractivity contribution is 6.17. The third-order valence-corrected chi connectivity index (χ3v) is 2.43. The minimum absolute atomic E-state index is 0.0864. The Morgan fingerprint density at radius 3 is 2.76 bits per heavy atom. The van der Waals surface area contributed by atoms with Crippen LogP contribution < -0.4 is 5.73 Å². The molecule has 7 heteroatoms. The lowest BCUT2D eigenvalue weighted by atomic mass is 10.1. The van der Waals surface area contributed by atoms with Crippen LogP contribution >= 0.6 is 11.6 Å². The van der Waals surface area contributed by atoms with E-state index in [0.29, 0.717) is 0 Å². The van der Waals surface area contributed by atoms with E-state index in [1.807, 2.05) is 0 Å². The van der Waals surface area contributed by atoms with Gasteiger partial charge in [-0.2, -0.15) is 0 Å². The van der Waals surface area contributed by atoms with Gasteiger partial charge in [0, 0.05) is 11.1 Å². The van der Waals surface area contributed by atoms with E-state index in [0.717, 1.165) is 6.07 Å². The fourth-order valence-corrected chi connectivity index (χ4v) is 1.61. The van der Waals surface area contributed by atoms with Crippen molar-refractivity contribution in [3.05, 3.63) is 22.9 Å². The average Bonchev–Trinajstić information content (AvgIpc) is 2.28. The summed E-state index contributed by atoms with van der Waals surface area (Å²) in [5.41, 5.74) is 5.44. The van der Waals surface area contributed by atoms with Crippen molar-refractivity contribution in [3.8, 4) is 0 Å². The van der Waals surface area contributed by atoms with Gasteiger partial charge < -0.3 is 10.5 Å². The van der Waals surface area contributed by atoms with Crippen LogP contribution in [0, 0.1) is 0 Å². The lowest BCUT2D eigenvalue weighted by molar-refractivity contribution is -0.139. The Labute approximate surface area is 102 Å². The highest BCUT2D eigenvalue weighted by atomic mass is 35.5. The highest BCUT2D eigenvalue weighted by Gasteiger charge is 2.18. The van der Waals surface area contributed by atoms with Gasteiger partial charge in [-0.15, -0.1) is 11.6 Å². The molecular weight excluding hydrogens is 254 g/mol. The van der Waals surface area contributed by atoms with Gasteiger partial charge in [-0.25, -0.2) is 13.8 Å². The maximum atomic E-state index is 12.7. The topological polar surface area (TPSA) is 65.2 Å². The summed E-state index contributed by atoms with van der Waals surface area (Å²) in [6.45, 7) is 0. The molecule has 0 radical (unpaired) electrons. The van der Waals surface area contributed by atoms with E-state index < -0.39 is 12.4 Å². The standard InChI is InChI=1S/C10H11ClF2N2O2/c1-17-8(16)3-5-2-6(9(12)13)7(4-11)10(14)15-5/h2,9H,3-4H2,1H3,(H2,14,15). The second-order valence-electron chi connectivity index (χ2n) is 3.25. The molecule has 0 bridgehead atoms. The first kappa shape index (κ1) is 13.6. The van der Waals surface area contributed by atoms with Crippen LogP contribution in [0.4, 0.5) is 14.6 Å². The maximum absolute atomic E-state index is 12.7. The lowest BCUT2D eigenvalue weighted by Crippen LogP contribution is -2.10. The van der Waals surface area contributed by atoms with Crippen LogP contribution in [0.5, 0.6) is 0 Å². The van der Waals surface area contributed by atoms with Crippen molar-refractivity contribution < 1.29 is 18.3 Å². The van der Waals surface area contributed by atoms with E-state index in [9.17, 15) is 13.6 Å². The summed E-state index contributed by atoms with van der Waals surface area (Å²) in [6, 6.07) is 1.12. The minimum Gasteiger partial charge on any atom is -0.469 e. The van der Waals surface area contributed by atoms with Crippen LogP contribution in [0.25, 0.3) is 0 Å². The number of alkyl halides is 3. The summed E-state index contributed by atoms with van der Waals surface area (Å²) < 4.78 is 29.9. The van der Waals surface area contributed by atoms with E-state index in [1.165, 1.54) is 7.11 Å². The summed E-state index contributed by atoms with van der Waals surface area (Å²) in [7, 11) is 1.20. The lowest BCUT2D eigenvalue weighted by Gasteiger charge is -2.11. The molecule has 0 aliphatic rings. The molecule has 94 valence electrons. The molecule has 0 aliphatic carbocycles. The number of nitrogen functional groups attached to an aromatic ring is 1. The van der Waals surface area contributed by atoms with Gasteiger partial charge in [0.2, 0.25) is 0 Å². The molecule has 1 aromatic rings. The van der Waals surface area contributed by atoms with Gasteiger partial charge >= 0.3 is 5.97 Å². The molecule has 4 nitrogen and oxygen atoms in total. The molecule has 1 heterocycles. The normalized spacial score (nSPS) is 10.6. The zero-order valence-corrected chi connectivity index (χ0v) is 9.80. The predicted molar refractivity (Wildman–Crippen MR) is 58.9 cm³/mol. The monoisotopic (exact) mass is 264 g/mol. The number of anilines is 1. The Hall–Kier alpha value is -1.43. The SMILES string of the molecule is COC(=O)Cc1cc(C(F)F)c(CCl)c(N)n1. The predicted octanol–water partition coefficient (Wildman–Crippen LogP) is 2.06. The van der Waals surface area contributed by atoms with Crippen LogP contribution in [-0.2, 0) is 21.8 Å². The number of hydrogen-bond acceptors (Lipinski definition) is 4. The van der Waals surface area contributed by atoms with Gasteiger partial charge in [-0.3, -0.25) is 4.79 Å². The van der Waals surface area contributed by atoms with E-state index in [4.69, 9.17) is 17.3 Å². The van der Waals surface area contributed by atoms with Gasteiger partial charge in [0.1, 0.15) is 5.82 Å². The zero-order valence-electron chi connectivity index (χ0n) is 9.04. The van der Waals surface area contributed by atoms with E-state index >= 15 is 0 Å². The Morgan fingerprint density at radius 1 is 1.65 bits per heavy atom. The Kier molecular flexibility index (Phi) is 4.62. The summed E-state index contributed by atoms with van der Waals surface area (Å²) in [5.74, 6) is -0.816. The number of nitrogens with zero attached hydrogens (tertiary/aromatic N) is 1. The summed E-state index contributed by atoms with van der Waals surface area (Å²) in [6.07, 6.45) is -2.92. The summed E-state index contributed by atoms with van der Waals surface area (Å²) in [5, 5.41) is 0. The van der Waals surface area contributed by atoms with E-state index in [-0.39, 0.29) is 34.9 Å². The number of esters is 1. The number of methoxy groups -OCH3 is 1. The summed E-state index contributed by atoms with van der Waals surface area (Å²) in [4.78, 5) is 14.8. The first-order chi connectivity index (χ1) is 7.99. The van der Waals surface area contributed by atoms with Crippen LogP contribution in [0.2, 0.25) is 0 Å². The number of ether oxygens (including phenoxy) is 1. The molecule has 0 fully saturated rings. The average molecular weight is 265 g/mol. The van der Waals surface area contributed by atoms with E-state index in [1.54, 1.807) is 0 Å². The fraction of sp³-hybridized carbons (Fsp3) is 0.400. The first-order valence-corrected chi connectivity index (χ1v) is 5.22. The third kappa shape index (κ3) is 3.26. The Bertz CT molecular complexity index is 427. The van der Waals surface area contributed by atoms with Crippen LogP contribution in [0.15, 0.2) is 6.07 Å². The van der Waals surface area contributed by atoms with Crippen LogP contribution in [-0.4, -0.2) is 18.1 Å². The molecule has 0 spiro atoms. The van der Waals surface area contributed by atoms with Gasteiger partial charge in [0.15, 0.2) is 0 Å². The number of nitrogens with two attached hydrogens (primary N) is 1. The molecule has 0 saturated carbocycles. The van der Waals surface area contributed by atoms with Crippen molar-refractivity contribution in [1.29, 1.82) is 0 Å². The number of hydrogen-bond donors (Lipinski definition) is 1. The minimum atomic E-state index is -2.72. The quantitative estimate of drug-likeness (QED) is 0.668. The van der Waals surface area contributed by atoms with Crippen molar-refractivity contribution in [1.82, 2.24) is 4.98 Å². The second-order valence-corrected chi connectivity index (χ2v) is 3.52. The van der Waals surface area contributed by atoms with Gasteiger partial charge in [-0.1, -0.05) is 0 Å². The van der Waals surface area contributed by atoms with Crippen molar-refractivity contribution in [3.63, 3.8) is 0 Å². The van der Waals surface area contributed by atoms with Crippen LogP contribution in [0.3, 0.4) is 0 Å². The number of aromatic nitrogens is 1.